The minimum Gasteiger partial charge on any atom is -0.468 e. The van der Waals surface area contributed by atoms with Crippen LogP contribution in [-0.2, 0) is 19.1 Å². The van der Waals surface area contributed by atoms with Crippen LogP contribution in [0.25, 0.3) is 0 Å². The van der Waals surface area contributed by atoms with Crippen molar-refractivity contribution in [1.82, 2.24) is 10.6 Å². The Morgan fingerprint density at radius 2 is 1.68 bits per heavy atom. The van der Waals surface area contributed by atoms with E-state index < -0.39 is 11.9 Å². The largest absolute Gasteiger partial charge is 0.468 e. The van der Waals surface area contributed by atoms with Gasteiger partial charge in [-0.15, -0.1) is 0 Å². The van der Waals surface area contributed by atoms with Gasteiger partial charge in [0.15, 0.2) is 11.6 Å². The Bertz CT molecular complexity index is 420. The molecular formula is C16H28N2O4. The molecule has 126 valence electrons. The zero-order chi connectivity index (χ0) is 16.9. The first-order valence-corrected chi connectivity index (χ1v) is 7.90. The van der Waals surface area contributed by atoms with Crippen molar-refractivity contribution in [2.75, 3.05) is 20.2 Å². The summed E-state index contributed by atoms with van der Waals surface area (Å²) in [5.74, 6) is -0.00736. The lowest BCUT2D eigenvalue weighted by Gasteiger charge is -2.12. The van der Waals surface area contributed by atoms with Gasteiger partial charge in [-0.1, -0.05) is 27.7 Å². The van der Waals surface area contributed by atoms with Crippen LogP contribution in [0.15, 0.2) is 0 Å². The summed E-state index contributed by atoms with van der Waals surface area (Å²) in [5, 5.41) is 6.18. The Labute approximate surface area is 132 Å². The molecule has 2 saturated heterocycles. The Morgan fingerprint density at radius 1 is 1.09 bits per heavy atom. The minimum absolute atomic E-state index is 0.0400. The van der Waals surface area contributed by atoms with Crippen LogP contribution in [0.4, 0.5) is 0 Å². The van der Waals surface area contributed by atoms with Gasteiger partial charge >= 0.3 is 5.97 Å². The van der Waals surface area contributed by atoms with E-state index in [1.807, 2.05) is 13.8 Å². The van der Waals surface area contributed by atoms with Crippen LogP contribution in [-0.4, -0.2) is 49.8 Å². The lowest BCUT2D eigenvalue weighted by Crippen LogP contribution is -2.33. The van der Waals surface area contributed by atoms with Crippen molar-refractivity contribution < 1.29 is 19.1 Å². The van der Waals surface area contributed by atoms with Crippen molar-refractivity contribution in [2.45, 2.75) is 46.2 Å². The molecular weight excluding hydrogens is 284 g/mol. The lowest BCUT2D eigenvalue weighted by molar-refractivity contribution is -0.148. The van der Waals surface area contributed by atoms with Gasteiger partial charge in [0.25, 0.3) is 0 Å². The van der Waals surface area contributed by atoms with Gasteiger partial charge in [0, 0.05) is 19.5 Å². The molecule has 2 rings (SSSR count). The highest BCUT2D eigenvalue weighted by molar-refractivity contribution is 6.03. The summed E-state index contributed by atoms with van der Waals surface area (Å²) in [6, 6.07) is -0.0471. The highest BCUT2D eigenvalue weighted by Crippen LogP contribution is 2.16. The number of ketones is 2. The molecule has 0 spiro atoms. The second kappa shape index (κ2) is 8.39. The number of Topliss-reactive ketones (excluding diaryl/α,β-unsaturated/α-hetero) is 2. The van der Waals surface area contributed by atoms with Crippen LogP contribution in [0.3, 0.4) is 0 Å². The highest BCUT2D eigenvalue weighted by Gasteiger charge is 2.40. The van der Waals surface area contributed by atoms with E-state index in [9.17, 15) is 14.4 Å². The van der Waals surface area contributed by atoms with Crippen LogP contribution >= 0.6 is 0 Å². The average Bonchev–Trinajstić information content (AvgIpc) is 3.04. The molecule has 2 N–H and O–H groups in total. The standard InChI is InChI=1S/C9H15NO3.C7H13NO/c1-5(2)7-8(11)6(4-10-7)9(12)13-3;1-5(2)7-6(9)3-4-8-7/h5-7,10H,4H2,1-3H3;5,7-8H,3-4H2,1-2H3/t6?,7-;7-/m00/s1. The van der Waals surface area contributed by atoms with Gasteiger partial charge < -0.3 is 15.4 Å². The van der Waals surface area contributed by atoms with E-state index in [0.29, 0.717) is 18.2 Å². The molecule has 2 heterocycles. The summed E-state index contributed by atoms with van der Waals surface area (Å²) in [6.07, 6.45) is 0.725. The number of carbonyl (C=O) groups is 3. The molecule has 0 amide bonds. The van der Waals surface area contributed by atoms with Crippen molar-refractivity contribution in [1.29, 1.82) is 0 Å². The van der Waals surface area contributed by atoms with Crippen LogP contribution in [0, 0.1) is 17.8 Å². The van der Waals surface area contributed by atoms with E-state index in [1.54, 1.807) is 0 Å². The van der Waals surface area contributed by atoms with Gasteiger partial charge in [-0.05, 0) is 11.8 Å². The Kier molecular flexibility index (Phi) is 7.16. The van der Waals surface area contributed by atoms with Gasteiger partial charge in [0.05, 0.1) is 19.2 Å². The maximum Gasteiger partial charge on any atom is 0.317 e. The molecule has 0 aliphatic carbocycles. The summed E-state index contributed by atoms with van der Waals surface area (Å²) < 4.78 is 4.53. The number of esters is 1. The Morgan fingerprint density at radius 3 is 2.00 bits per heavy atom. The summed E-state index contributed by atoms with van der Waals surface area (Å²) >= 11 is 0. The Hall–Kier alpha value is -1.27. The minimum atomic E-state index is -0.600. The van der Waals surface area contributed by atoms with Crippen molar-refractivity contribution >= 4 is 17.5 Å². The van der Waals surface area contributed by atoms with Gasteiger partial charge in [-0.2, -0.15) is 0 Å². The summed E-state index contributed by atoms with van der Waals surface area (Å²) in [4.78, 5) is 33.6. The van der Waals surface area contributed by atoms with Gasteiger partial charge in [-0.25, -0.2) is 0 Å². The van der Waals surface area contributed by atoms with Crippen LogP contribution in [0.1, 0.15) is 34.1 Å². The predicted octanol–water partition coefficient (Wildman–Crippen LogP) is 0.546. The van der Waals surface area contributed by atoms with Crippen molar-refractivity contribution in [3.63, 3.8) is 0 Å². The van der Waals surface area contributed by atoms with E-state index >= 15 is 0 Å². The molecule has 6 nitrogen and oxygen atoms in total. The number of nitrogens with one attached hydrogen (secondary N) is 2. The normalized spacial score (nSPS) is 28.0. The van der Waals surface area contributed by atoms with E-state index in [4.69, 9.17) is 0 Å². The predicted molar refractivity (Wildman–Crippen MR) is 83.4 cm³/mol. The monoisotopic (exact) mass is 312 g/mol. The number of carbonyl (C=O) groups excluding carboxylic acids is 3. The fraction of sp³-hybridized carbons (Fsp3) is 0.812. The van der Waals surface area contributed by atoms with Gasteiger partial charge in [0.1, 0.15) is 5.92 Å². The molecule has 0 aromatic rings. The maximum atomic E-state index is 11.6. The fourth-order valence-electron chi connectivity index (χ4n) is 2.80. The third-order valence-corrected chi connectivity index (χ3v) is 4.09. The van der Waals surface area contributed by atoms with Gasteiger partial charge in [-0.3, -0.25) is 14.4 Å². The number of hydrogen-bond donors (Lipinski definition) is 2. The van der Waals surface area contributed by atoms with Crippen molar-refractivity contribution in [3.8, 4) is 0 Å². The van der Waals surface area contributed by atoms with Gasteiger partial charge in [0.2, 0.25) is 0 Å². The second-order valence-corrected chi connectivity index (χ2v) is 6.50. The summed E-state index contributed by atoms with van der Waals surface area (Å²) in [6.45, 7) is 9.34. The molecule has 0 aromatic heterocycles. The summed E-state index contributed by atoms with van der Waals surface area (Å²) in [7, 11) is 1.30. The SMILES string of the molecule is CC(C)[C@@H]1NCCC1=O.COC(=O)C1CN[C@@H](C(C)C)C1=O. The van der Waals surface area contributed by atoms with E-state index in [-0.39, 0.29) is 23.8 Å². The van der Waals surface area contributed by atoms with E-state index in [0.717, 1.165) is 13.0 Å². The molecule has 2 aliphatic heterocycles. The van der Waals surface area contributed by atoms with E-state index in [1.165, 1.54) is 7.11 Å². The smallest absolute Gasteiger partial charge is 0.317 e. The molecule has 0 radical (unpaired) electrons. The van der Waals surface area contributed by atoms with Crippen LogP contribution in [0.5, 0.6) is 0 Å². The quantitative estimate of drug-likeness (QED) is 0.585. The van der Waals surface area contributed by atoms with Crippen LogP contribution in [0.2, 0.25) is 0 Å². The average molecular weight is 312 g/mol. The first-order chi connectivity index (χ1) is 10.3. The number of hydrogen-bond acceptors (Lipinski definition) is 6. The highest BCUT2D eigenvalue weighted by atomic mass is 16.5. The molecule has 0 aromatic carbocycles. The van der Waals surface area contributed by atoms with E-state index in [2.05, 4.69) is 29.2 Å². The first-order valence-electron chi connectivity index (χ1n) is 7.90. The zero-order valence-electron chi connectivity index (χ0n) is 14.1. The first kappa shape index (κ1) is 18.8. The topological polar surface area (TPSA) is 84.5 Å². The number of methoxy groups -OCH3 is 1. The number of rotatable bonds is 3. The molecule has 6 heteroatoms. The molecule has 1 unspecified atom stereocenters. The zero-order valence-corrected chi connectivity index (χ0v) is 14.1. The summed E-state index contributed by atoms with van der Waals surface area (Å²) in [5.41, 5.74) is 0. The van der Waals surface area contributed by atoms with Crippen molar-refractivity contribution in [3.05, 3.63) is 0 Å². The lowest BCUT2D eigenvalue weighted by atomic mass is 9.96. The molecule has 0 saturated carbocycles. The third kappa shape index (κ3) is 4.61. The third-order valence-electron chi connectivity index (χ3n) is 4.09. The second-order valence-electron chi connectivity index (χ2n) is 6.50. The van der Waals surface area contributed by atoms with Crippen LogP contribution < -0.4 is 10.6 Å². The molecule has 22 heavy (non-hydrogen) atoms. The molecule has 2 fully saturated rings. The molecule has 3 atom stereocenters. The maximum absolute atomic E-state index is 11.6. The Balaban J connectivity index is 0.000000235. The molecule has 2 aliphatic rings. The number of ether oxygens (including phenoxy) is 1. The molecule has 0 bridgehead atoms. The fourth-order valence-corrected chi connectivity index (χ4v) is 2.80. The van der Waals surface area contributed by atoms with Crippen molar-refractivity contribution in [2.24, 2.45) is 17.8 Å².